The normalized spacial score (nSPS) is 21.2. The van der Waals surface area contributed by atoms with Crippen molar-refractivity contribution in [2.45, 2.75) is 62.6 Å². The van der Waals surface area contributed by atoms with Gasteiger partial charge in [-0.25, -0.2) is 0 Å². The summed E-state index contributed by atoms with van der Waals surface area (Å²) in [6.07, 6.45) is 0.183. The molecule has 1 aromatic carbocycles. The monoisotopic (exact) mass is 714 g/mol. The third-order valence-corrected chi connectivity index (χ3v) is 9.35. The molecule has 0 bridgehead atoms. The number of nitrogens with zero attached hydrogens (tertiary/aromatic N) is 6. The first-order valence-corrected chi connectivity index (χ1v) is 17.8. The van der Waals surface area contributed by atoms with Gasteiger partial charge in [0.2, 0.25) is 11.8 Å². The fourth-order valence-corrected chi connectivity index (χ4v) is 6.77. The van der Waals surface area contributed by atoms with Crippen LogP contribution in [0.1, 0.15) is 33.1 Å². The highest BCUT2D eigenvalue weighted by atomic mass is 32.2. The van der Waals surface area contributed by atoms with Crippen molar-refractivity contribution in [1.82, 2.24) is 29.5 Å². The van der Waals surface area contributed by atoms with E-state index in [1.807, 2.05) is 51.9 Å². The van der Waals surface area contributed by atoms with Gasteiger partial charge in [-0.1, -0.05) is 43.8 Å². The lowest BCUT2D eigenvalue weighted by Gasteiger charge is -2.38. The van der Waals surface area contributed by atoms with Crippen molar-refractivity contribution in [1.29, 1.82) is 0 Å². The van der Waals surface area contributed by atoms with Gasteiger partial charge in [0.1, 0.15) is 36.4 Å². The van der Waals surface area contributed by atoms with Crippen molar-refractivity contribution in [2.24, 2.45) is 5.92 Å². The molecule has 2 N–H and O–H groups in total. The minimum absolute atomic E-state index is 0.0133. The molecule has 3 aromatic rings. The Labute approximate surface area is 298 Å². The third kappa shape index (κ3) is 10.5. The van der Waals surface area contributed by atoms with E-state index in [-0.39, 0.29) is 55.8 Å². The van der Waals surface area contributed by atoms with Crippen LogP contribution in [0.5, 0.6) is 5.75 Å². The molecule has 4 rings (SSSR count). The number of pyridine rings is 1. The van der Waals surface area contributed by atoms with Gasteiger partial charge in [-0.3, -0.25) is 19.1 Å². The number of hydrogen-bond donors (Lipinski definition) is 2. The van der Waals surface area contributed by atoms with Gasteiger partial charge >= 0.3 is 0 Å². The average molecular weight is 715 g/mol. The van der Waals surface area contributed by atoms with E-state index in [0.29, 0.717) is 60.5 Å². The Balaban J connectivity index is 1.67. The maximum absolute atomic E-state index is 14.3. The Hall–Kier alpha value is -3.60. The summed E-state index contributed by atoms with van der Waals surface area (Å²) in [5.74, 6) is 0.929. The van der Waals surface area contributed by atoms with Crippen LogP contribution < -0.4 is 4.74 Å². The van der Waals surface area contributed by atoms with Crippen molar-refractivity contribution in [3.63, 3.8) is 0 Å². The first kappa shape index (κ1) is 39.2. The number of carbonyl (C=O) groups is 2. The van der Waals surface area contributed by atoms with Gasteiger partial charge in [0.25, 0.3) is 0 Å². The first-order chi connectivity index (χ1) is 24.2. The molecule has 2 aromatic heterocycles. The van der Waals surface area contributed by atoms with Crippen LogP contribution in [0.15, 0.2) is 53.8 Å². The van der Waals surface area contributed by atoms with Crippen LogP contribution >= 0.6 is 11.8 Å². The average Bonchev–Trinajstić information content (AvgIpc) is 3.54. The molecule has 4 atom stereocenters. The van der Waals surface area contributed by atoms with E-state index in [0.717, 1.165) is 0 Å². The summed E-state index contributed by atoms with van der Waals surface area (Å²) in [6.45, 7) is 4.84. The molecule has 1 aliphatic heterocycles. The Morgan fingerprint density at radius 3 is 2.50 bits per heavy atom. The minimum atomic E-state index is -1.30. The molecule has 0 saturated carbocycles. The number of ether oxygens (including phenoxy) is 4. The highest BCUT2D eigenvalue weighted by Gasteiger charge is 2.34. The molecule has 0 unspecified atom stereocenters. The number of carbonyl (C=O) groups excluding carboxylic acids is 2. The summed E-state index contributed by atoms with van der Waals surface area (Å²) >= 11 is 1.26. The molecule has 15 heteroatoms. The summed E-state index contributed by atoms with van der Waals surface area (Å²) in [5.41, 5.74) is 1.32. The molecule has 0 radical (unpaired) electrons. The van der Waals surface area contributed by atoms with E-state index in [9.17, 15) is 19.8 Å². The van der Waals surface area contributed by atoms with E-state index in [2.05, 4.69) is 29.0 Å². The number of aromatic nitrogens is 4. The summed E-state index contributed by atoms with van der Waals surface area (Å²) in [4.78, 5) is 35.6. The van der Waals surface area contributed by atoms with Gasteiger partial charge < -0.3 is 39.0 Å². The molecule has 0 aliphatic carbocycles. The number of benzene rings is 1. The van der Waals surface area contributed by atoms with E-state index in [4.69, 9.17) is 18.9 Å². The van der Waals surface area contributed by atoms with Gasteiger partial charge in [-0.2, -0.15) is 0 Å². The Kier molecular flexibility index (Phi) is 15.4. The Morgan fingerprint density at radius 2 is 1.80 bits per heavy atom. The molecule has 3 heterocycles. The van der Waals surface area contributed by atoms with Gasteiger partial charge in [0.05, 0.1) is 25.2 Å². The number of aliphatic hydroxyl groups is 2. The van der Waals surface area contributed by atoms with Crippen molar-refractivity contribution in [3.8, 4) is 23.0 Å². The van der Waals surface area contributed by atoms with Crippen LogP contribution in [-0.4, -0.2) is 142 Å². The third-order valence-electron chi connectivity index (χ3n) is 8.44. The van der Waals surface area contributed by atoms with Crippen molar-refractivity contribution in [2.75, 3.05) is 66.5 Å². The highest BCUT2D eigenvalue weighted by Crippen LogP contribution is 2.32. The van der Waals surface area contributed by atoms with Crippen molar-refractivity contribution >= 4 is 23.6 Å². The highest BCUT2D eigenvalue weighted by molar-refractivity contribution is 7.99. The maximum atomic E-state index is 14.3. The molecule has 274 valence electrons. The number of aliphatic hydroxyl groups excluding tert-OH is 2. The molecule has 0 spiro atoms. The number of hydrogen-bond acceptors (Lipinski definition) is 12. The van der Waals surface area contributed by atoms with Gasteiger partial charge in [-0.15, -0.1) is 10.2 Å². The lowest BCUT2D eigenvalue weighted by Crippen LogP contribution is -2.54. The van der Waals surface area contributed by atoms with Crippen molar-refractivity contribution in [3.05, 3.63) is 48.7 Å². The van der Waals surface area contributed by atoms with Crippen LogP contribution in [0, 0.1) is 5.92 Å². The summed E-state index contributed by atoms with van der Waals surface area (Å²) in [5, 5.41) is 30.9. The van der Waals surface area contributed by atoms with E-state index >= 15 is 0 Å². The summed E-state index contributed by atoms with van der Waals surface area (Å²) in [7, 11) is 4.46. The van der Waals surface area contributed by atoms with Gasteiger partial charge in [0, 0.05) is 52.7 Å². The van der Waals surface area contributed by atoms with E-state index in [1.165, 1.54) is 26.0 Å². The van der Waals surface area contributed by atoms with Gasteiger partial charge in [0.15, 0.2) is 11.0 Å². The number of rotatable bonds is 11. The van der Waals surface area contributed by atoms with Crippen LogP contribution in [-0.2, 0) is 23.8 Å². The lowest BCUT2D eigenvalue weighted by molar-refractivity contribution is -0.145. The number of methoxy groups -OCH3 is 3. The zero-order valence-corrected chi connectivity index (χ0v) is 30.3. The van der Waals surface area contributed by atoms with Crippen LogP contribution in [0.4, 0.5) is 0 Å². The summed E-state index contributed by atoms with van der Waals surface area (Å²) in [6, 6.07) is 12.7. The van der Waals surface area contributed by atoms with Crippen LogP contribution in [0.25, 0.3) is 17.2 Å². The standard InChI is InChI=1S/C35H50N6O8S/c1-24(2)18-25-19-39(31(43)22-46-3)20-30(48-5)33(45)28(42)21-49-17-11-10-16-40(25)32(44)23-50-35-38-37-34(26-12-8-9-15-36-26)41(35)27-13-6-7-14-29(27)47-4/h6-9,12-15,24-25,28,30,33,42,45H,10-11,16-23H2,1-5H3/t25-,28+,30+,33+/m0/s1. The van der Waals surface area contributed by atoms with Crippen LogP contribution in [0.2, 0.25) is 0 Å². The summed E-state index contributed by atoms with van der Waals surface area (Å²) < 4.78 is 23.9. The fraction of sp³-hybridized carbons (Fsp3) is 0.571. The molecule has 50 heavy (non-hydrogen) atoms. The van der Waals surface area contributed by atoms with E-state index in [1.54, 1.807) is 18.2 Å². The van der Waals surface area contributed by atoms with Gasteiger partial charge in [-0.05, 0) is 49.4 Å². The zero-order chi connectivity index (χ0) is 36.0. The van der Waals surface area contributed by atoms with Crippen LogP contribution in [0.3, 0.4) is 0 Å². The zero-order valence-electron chi connectivity index (χ0n) is 29.5. The number of amides is 2. The quantitative estimate of drug-likeness (QED) is 0.280. The molecule has 2 amide bonds. The predicted octanol–water partition coefficient (Wildman–Crippen LogP) is 2.70. The smallest absolute Gasteiger partial charge is 0.248 e. The fourth-order valence-electron chi connectivity index (χ4n) is 5.94. The largest absolute Gasteiger partial charge is 0.495 e. The number of thioether (sulfide) groups is 1. The predicted molar refractivity (Wildman–Crippen MR) is 188 cm³/mol. The molecule has 14 nitrogen and oxygen atoms in total. The molecule has 1 saturated heterocycles. The maximum Gasteiger partial charge on any atom is 0.248 e. The lowest BCUT2D eigenvalue weighted by atomic mass is 10.00. The minimum Gasteiger partial charge on any atom is -0.495 e. The molecule has 1 fully saturated rings. The second kappa shape index (κ2) is 19.7. The second-order valence-electron chi connectivity index (χ2n) is 12.5. The SMILES string of the molecule is COCC(=O)N1C[C@H](CC(C)C)N(C(=O)CSc2nnc(-c3ccccn3)n2-c2ccccc2OC)CCCCOC[C@@H](O)[C@@H](O)[C@H](OC)C1. The molecule has 1 aliphatic rings. The molecular formula is C35H50N6O8S. The van der Waals surface area contributed by atoms with Crippen molar-refractivity contribution < 1.29 is 38.7 Å². The Morgan fingerprint density at radius 1 is 1.02 bits per heavy atom. The Bertz CT molecular complexity index is 1490. The molecular weight excluding hydrogens is 664 g/mol. The second-order valence-corrected chi connectivity index (χ2v) is 13.5. The first-order valence-electron chi connectivity index (χ1n) is 16.8. The van der Waals surface area contributed by atoms with E-state index < -0.39 is 18.3 Å². The number of para-hydroxylation sites is 2. The topological polar surface area (TPSA) is 162 Å².